The fraction of sp³-hybridized carbons (Fsp3) is 0.111. The molecule has 0 unspecified atom stereocenters. The van der Waals surface area contributed by atoms with Crippen molar-refractivity contribution in [3.05, 3.63) is 75.1 Å². The number of hydrogen-bond donors (Lipinski definition) is 0. The van der Waals surface area contributed by atoms with Crippen LogP contribution in [0.4, 0.5) is 26.3 Å². The average molecular weight is 401 g/mol. The summed E-state index contributed by atoms with van der Waals surface area (Å²) >= 11 is 0. The average Bonchev–Trinajstić information content (AvgIpc) is 2.64. The Kier molecular flexibility index (Phi) is 4.88. The Hall–Kier alpha value is -3.30. The molecule has 0 fully saturated rings. The Morgan fingerprint density at radius 3 is 2.25 bits per heavy atom. The minimum absolute atomic E-state index is 0.199. The van der Waals surface area contributed by atoms with E-state index in [9.17, 15) is 35.9 Å². The number of carbonyl (C=O) groups excluding carboxylic acids is 1. The molecule has 10 heteroatoms. The summed E-state index contributed by atoms with van der Waals surface area (Å²) in [5.41, 5.74) is -4.19. The van der Waals surface area contributed by atoms with Crippen molar-refractivity contribution in [1.82, 2.24) is 4.57 Å². The van der Waals surface area contributed by atoms with E-state index in [1.807, 2.05) is 0 Å². The van der Waals surface area contributed by atoms with Crippen molar-refractivity contribution < 1.29 is 35.9 Å². The van der Waals surface area contributed by atoms with Gasteiger partial charge in [0.2, 0.25) is 5.43 Å². The largest absolute Gasteiger partial charge is 0.462 e. The second-order valence-corrected chi connectivity index (χ2v) is 5.54. The van der Waals surface area contributed by atoms with Gasteiger partial charge in [0.25, 0.3) is 0 Å². The van der Waals surface area contributed by atoms with Crippen molar-refractivity contribution in [3.63, 3.8) is 0 Å². The molecule has 0 radical (unpaired) electrons. The first-order chi connectivity index (χ1) is 13.2. The molecule has 28 heavy (non-hydrogen) atoms. The molecular weight excluding hydrogens is 392 g/mol. The van der Waals surface area contributed by atoms with E-state index in [4.69, 9.17) is 0 Å². The van der Waals surface area contributed by atoms with E-state index in [-0.39, 0.29) is 6.61 Å². The van der Waals surface area contributed by atoms with Crippen molar-refractivity contribution in [2.24, 2.45) is 0 Å². The molecule has 3 rings (SSSR count). The third-order valence-electron chi connectivity index (χ3n) is 3.88. The van der Waals surface area contributed by atoms with Gasteiger partial charge in [-0.25, -0.2) is 31.1 Å². The second-order valence-electron chi connectivity index (χ2n) is 5.54. The number of carbonyl (C=O) groups is 1. The number of rotatable bonds is 3. The molecule has 1 heterocycles. The van der Waals surface area contributed by atoms with Gasteiger partial charge in [-0.2, -0.15) is 0 Å². The van der Waals surface area contributed by atoms with Gasteiger partial charge >= 0.3 is 5.97 Å². The highest BCUT2D eigenvalue weighted by atomic mass is 19.2. The molecule has 0 aliphatic heterocycles. The maximum Gasteiger partial charge on any atom is 0.343 e. The van der Waals surface area contributed by atoms with Gasteiger partial charge in [-0.3, -0.25) is 4.79 Å². The fourth-order valence-corrected chi connectivity index (χ4v) is 2.66. The lowest BCUT2D eigenvalue weighted by atomic mass is 10.1. The first kappa shape index (κ1) is 19.5. The highest BCUT2D eigenvalue weighted by Gasteiger charge is 2.28. The van der Waals surface area contributed by atoms with Crippen molar-refractivity contribution in [3.8, 4) is 5.69 Å². The van der Waals surface area contributed by atoms with Crippen LogP contribution in [-0.4, -0.2) is 17.1 Å². The van der Waals surface area contributed by atoms with Gasteiger partial charge in [0.1, 0.15) is 17.2 Å². The third kappa shape index (κ3) is 2.90. The summed E-state index contributed by atoms with van der Waals surface area (Å²) in [4.78, 5) is 24.4. The molecule has 0 N–H and O–H groups in total. The SMILES string of the molecule is CCOC(=O)c1cn(-c2ccc(F)cc2F)c2c(F)c(F)c(F)c(F)c2c1=O. The van der Waals surface area contributed by atoms with Crippen LogP contribution in [-0.2, 0) is 4.74 Å². The number of esters is 1. The monoisotopic (exact) mass is 401 g/mol. The predicted octanol–water partition coefficient (Wildman–Crippen LogP) is 4.00. The Labute approximate surface area is 152 Å². The predicted molar refractivity (Wildman–Crippen MR) is 85.2 cm³/mol. The van der Waals surface area contributed by atoms with E-state index in [1.165, 1.54) is 6.92 Å². The van der Waals surface area contributed by atoms with Crippen molar-refractivity contribution >= 4 is 16.9 Å². The molecular formula is C18H9F6NO3. The number of pyridine rings is 1. The summed E-state index contributed by atoms with van der Waals surface area (Å²) in [6, 6.07) is 1.92. The van der Waals surface area contributed by atoms with Crippen LogP contribution in [0.5, 0.6) is 0 Å². The zero-order valence-electron chi connectivity index (χ0n) is 14.0. The Balaban J connectivity index is 2.57. The quantitative estimate of drug-likeness (QED) is 0.289. The van der Waals surface area contributed by atoms with Gasteiger partial charge in [-0.05, 0) is 19.1 Å². The molecule has 0 spiro atoms. The van der Waals surface area contributed by atoms with Crippen molar-refractivity contribution in [2.75, 3.05) is 6.61 Å². The van der Waals surface area contributed by atoms with Crippen molar-refractivity contribution in [2.45, 2.75) is 6.92 Å². The van der Waals surface area contributed by atoms with Crippen LogP contribution in [0, 0.1) is 34.9 Å². The van der Waals surface area contributed by atoms with E-state index in [0.29, 0.717) is 16.8 Å². The van der Waals surface area contributed by atoms with Gasteiger partial charge in [0.15, 0.2) is 23.3 Å². The molecule has 0 atom stereocenters. The molecule has 2 aromatic carbocycles. The lowest BCUT2D eigenvalue weighted by Gasteiger charge is -2.15. The maximum atomic E-state index is 14.4. The topological polar surface area (TPSA) is 48.3 Å². The van der Waals surface area contributed by atoms with Gasteiger partial charge in [0.05, 0.1) is 23.2 Å². The number of ether oxygens (including phenoxy) is 1. The number of hydrogen-bond acceptors (Lipinski definition) is 3. The van der Waals surface area contributed by atoms with Crippen LogP contribution >= 0.6 is 0 Å². The third-order valence-corrected chi connectivity index (χ3v) is 3.88. The molecule has 0 bridgehead atoms. The van der Waals surface area contributed by atoms with Crippen LogP contribution in [0.25, 0.3) is 16.6 Å². The first-order valence-electron chi connectivity index (χ1n) is 7.72. The minimum Gasteiger partial charge on any atom is -0.462 e. The number of aromatic nitrogens is 1. The summed E-state index contributed by atoms with van der Waals surface area (Å²) in [7, 11) is 0. The van der Waals surface area contributed by atoms with Crippen LogP contribution in [0.1, 0.15) is 17.3 Å². The molecule has 0 aliphatic carbocycles. The second kappa shape index (κ2) is 7.02. The minimum atomic E-state index is -2.28. The summed E-state index contributed by atoms with van der Waals surface area (Å²) in [5.74, 6) is -12.2. The van der Waals surface area contributed by atoms with E-state index in [0.717, 1.165) is 12.1 Å². The molecule has 0 aliphatic rings. The lowest BCUT2D eigenvalue weighted by molar-refractivity contribution is 0.0524. The van der Waals surface area contributed by atoms with E-state index in [2.05, 4.69) is 4.74 Å². The standard InChI is InChI=1S/C18H9F6NO3/c1-2-28-18(27)8-6-25(10-4-3-7(19)5-9(10)20)16-11(17(8)26)12(21)13(22)14(23)15(16)24/h3-6H,2H2,1H3. The molecule has 0 saturated carbocycles. The number of fused-ring (bicyclic) bond motifs is 1. The normalized spacial score (nSPS) is 11.1. The highest BCUT2D eigenvalue weighted by molar-refractivity contribution is 5.94. The van der Waals surface area contributed by atoms with E-state index >= 15 is 0 Å². The number of halogens is 6. The zero-order chi connectivity index (χ0) is 20.7. The molecule has 146 valence electrons. The smallest absolute Gasteiger partial charge is 0.343 e. The van der Waals surface area contributed by atoms with Gasteiger partial charge in [-0.15, -0.1) is 0 Å². The summed E-state index contributed by atoms with van der Waals surface area (Å²) in [6.45, 7) is 1.20. The molecule has 1 aromatic heterocycles. The van der Waals surface area contributed by atoms with Crippen LogP contribution in [0.15, 0.2) is 29.2 Å². The Morgan fingerprint density at radius 2 is 1.64 bits per heavy atom. The van der Waals surface area contributed by atoms with E-state index < -0.39 is 68.5 Å². The van der Waals surface area contributed by atoms with Gasteiger partial charge < -0.3 is 9.30 Å². The summed E-state index contributed by atoms with van der Waals surface area (Å²) in [6.07, 6.45) is 0.582. The molecule has 4 nitrogen and oxygen atoms in total. The first-order valence-corrected chi connectivity index (χ1v) is 7.72. The van der Waals surface area contributed by atoms with Gasteiger partial charge in [0, 0.05) is 12.3 Å². The molecule has 0 amide bonds. The maximum absolute atomic E-state index is 14.4. The van der Waals surface area contributed by atoms with Gasteiger partial charge in [-0.1, -0.05) is 0 Å². The van der Waals surface area contributed by atoms with Crippen LogP contribution in [0.2, 0.25) is 0 Å². The molecule has 0 saturated heterocycles. The highest BCUT2D eigenvalue weighted by Crippen LogP contribution is 2.28. The summed E-state index contributed by atoms with van der Waals surface area (Å²) in [5, 5.41) is -1.33. The van der Waals surface area contributed by atoms with Crippen molar-refractivity contribution in [1.29, 1.82) is 0 Å². The molecule has 3 aromatic rings. The Morgan fingerprint density at radius 1 is 1.00 bits per heavy atom. The Bertz CT molecular complexity index is 1190. The van der Waals surface area contributed by atoms with E-state index in [1.54, 1.807) is 0 Å². The fourth-order valence-electron chi connectivity index (χ4n) is 2.66. The van der Waals surface area contributed by atoms with Crippen LogP contribution in [0.3, 0.4) is 0 Å². The summed E-state index contributed by atoms with van der Waals surface area (Å²) < 4.78 is 88.6. The number of nitrogens with zero attached hydrogens (tertiary/aromatic N) is 1. The number of benzene rings is 2. The zero-order valence-corrected chi connectivity index (χ0v) is 14.0. The van der Waals surface area contributed by atoms with Crippen LogP contribution < -0.4 is 5.43 Å². The lowest BCUT2D eigenvalue weighted by Crippen LogP contribution is -2.23.